The van der Waals surface area contributed by atoms with Crippen molar-refractivity contribution >= 4 is 23.5 Å². The lowest BCUT2D eigenvalue weighted by Gasteiger charge is -2.40. The van der Waals surface area contributed by atoms with Gasteiger partial charge in [-0.2, -0.15) is 0 Å². The van der Waals surface area contributed by atoms with Crippen LogP contribution in [-0.4, -0.2) is 40.9 Å². The second-order valence-electron chi connectivity index (χ2n) is 6.10. The Hall–Kier alpha value is -1.70. The van der Waals surface area contributed by atoms with Gasteiger partial charge in [-0.05, 0) is 17.7 Å². The number of benzene rings is 1. The van der Waals surface area contributed by atoms with Crippen LogP contribution in [0.5, 0.6) is 0 Å². The van der Waals surface area contributed by atoms with Crippen LogP contribution in [0.4, 0.5) is 4.39 Å². The van der Waals surface area contributed by atoms with Crippen LogP contribution in [0.1, 0.15) is 24.4 Å². The molecule has 4 rings (SSSR count). The fourth-order valence-electron chi connectivity index (χ4n) is 3.21. The summed E-state index contributed by atoms with van der Waals surface area (Å²) in [6.45, 7) is -0.407. The maximum Gasteiger partial charge on any atom is 0.312 e. The molecule has 1 unspecified atom stereocenters. The fraction of sp³-hybridized carbons (Fsp3) is 0.467. The van der Waals surface area contributed by atoms with Crippen LogP contribution in [0.2, 0.25) is 5.02 Å². The van der Waals surface area contributed by atoms with Gasteiger partial charge in [-0.25, -0.2) is 4.39 Å². The van der Waals surface area contributed by atoms with Crippen LogP contribution < -0.4 is 5.32 Å². The van der Waals surface area contributed by atoms with E-state index in [1.807, 2.05) is 0 Å². The summed E-state index contributed by atoms with van der Waals surface area (Å²) in [7, 11) is 0. The van der Waals surface area contributed by atoms with Crippen molar-refractivity contribution < 1.29 is 28.9 Å². The van der Waals surface area contributed by atoms with Crippen molar-refractivity contribution in [1.82, 2.24) is 5.32 Å². The van der Waals surface area contributed by atoms with Crippen LogP contribution in [0.3, 0.4) is 0 Å². The standard InChI is InChI=1S/C15H15ClFNO5/c16-9-3-8(1-2-10(9)17)11(4-19)18-12(20)15-5-14(6-15,7-23-15)13(21)22/h1-3,11,19H,4-7H2,(H,18,20)(H,21,22). The van der Waals surface area contributed by atoms with Crippen LogP contribution in [-0.2, 0) is 14.3 Å². The normalized spacial score (nSPS) is 29.7. The molecular formula is C15H15ClFNO5. The number of carboxylic acid groups (broad SMARTS) is 1. The van der Waals surface area contributed by atoms with Gasteiger partial charge in [-0.1, -0.05) is 17.7 Å². The highest BCUT2D eigenvalue weighted by Gasteiger charge is 2.70. The molecule has 1 aromatic carbocycles. The highest BCUT2D eigenvalue weighted by atomic mass is 35.5. The molecule has 124 valence electrons. The summed E-state index contributed by atoms with van der Waals surface area (Å²) in [5, 5.41) is 21.2. The van der Waals surface area contributed by atoms with Crippen molar-refractivity contribution in [2.75, 3.05) is 13.2 Å². The summed E-state index contributed by atoms with van der Waals surface area (Å²) in [5.74, 6) is -2.05. The van der Waals surface area contributed by atoms with E-state index in [1.165, 1.54) is 12.1 Å². The number of carbonyl (C=O) groups is 2. The molecule has 3 aliphatic rings. The molecule has 1 amide bonds. The lowest BCUT2D eigenvalue weighted by molar-refractivity contribution is -0.159. The highest BCUT2D eigenvalue weighted by Crippen LogP contribution is 2.58. The summed E-state index contributed by atoms with van der Waals surface area (Å²) >= 11 is 5.71. The average Bonchev–Trinajstić information content (AvgIpc) is 3.05. The van der Waals surface area contributed by atoms with Crippen molar-refractivity contribution in [3.63, 3.8) is 0 Å². The van der Waals surface area contributed by atoms with Gasteiger partial charge in [0.15, 0.2) is 0 Å². The number of hydrogen-bond acceptors (Lipinski definition) is 4. The van der Waals surface area contributed by atoms with E-state index in [0.717, 1.165) is 6.07 Å². The van der Waals surface area contributed by atoms with Gasteiger partial charge in [0.2, 0.25) is 0 Å². The molecule has 1 aromatic rings. The molecule has 0 radical (unpaired) electrons. The molecule has 8 heteroatoms. The van der Waals surface area contributed by atoms with Gasteiger partial charge in [-0.15, -0.1) is 0 Å². The molecule has 0 aromatic heterocycles. The summed E-state index contributed by atoms with van der Waals surface area (Å²) in [6.07, 6.45) is 0.229. The first kappa shape index (κ1) is 16.2. The van der Waals surface area contributed by atoms with E-state index in [-0.39, 0.29) is 24.5 Å². The Morgan fingerprint density at radius 3 is 2.65 bits per heavy atom. The fourth-order valence-corrected chi connectivity index (χ4v) is 3.40. The lowest BCUT2D eigenvalue weighted by Crippen LogP contribution is -2.57. The molecule has 6 nitrogen and oxygen atoms in total. The molecular weight excluding hydrogens is 329 g/mol. The third-order valence-electron chi connectivity index (χ3n) is 4.57. The summed E-state index contributed by atoms with van der Waals surface area (Å²) < 4.78 is 18.6. The number of halogens is 2. The predicted molar refractivity (Wildman–Crippen MR) is 77.4 cm³/mol. The maximum atomic E-state index is 13.2. The first-order valence-corrected chi connectivity index (χ1v) is 7.44. The minimum atomic E-state index is -1.16. The molecule has 2 heterocycles. The van der Waals surface area contributed by atoms with Crippen molar-refractivity contribution in [3.05, 3.63) is 34.6 Å². The quantitative estimate of drug-likeness (QED) is 0.748. The van der Waals surface area contributed by atoms with Crippen LogP contribution in [0, 0.1) is 11.2 Å². The molecule has 1 atom stereocenters. The van der Waals surface area contributed by atoms with E-state index >= 15 is 0 Å². The van der Waals surface area contributed by atoms with Gasteiger partial charge < -0.3 is 20.3 Å². The number of carbonyl (C=O) groups excluding carboxylic acids is 1. The van der Waals surface area contributed by atoms with E-state index in [2.05, 4.69) is 5.32 Å². The number of nitrogens with one attached hydrogen (secondary N) is 1. The number of aliphatic carboxylic acids is 1. The molecule has 1 saturated carbocycles. The zero-order valence-electron chi connectivity index (χ0n) is 12.0. The Kier molecular flexibility index (Phi) is 3.82. The molecule has 1 aliphatic carbocycles. The maximum absolute atomic E-state index is 13.2. The first-order valence-electron chi connectivity index (χ1n) is 7.06. The number of aliphatic hydroxyl groups excluding tert-OH is 1. The van der Waals surface area contributed by atoms with Gasteiger partial charge in [0, 0.05) is 12.8 Å². The number of aliphatic hydroxyl groups is 1. The van der Waals surface area contributed by atoms with E-state index < -0.39 is 41.4 Å². The van der Waals surface area contributed by atoms with Gasteiger partial charge in [0.1, 0.15) is 11.4 Å². The summed E-state index contributed by atoms with van der Waals surface area (Å²) in [4.78, 5) is 23.6. The summed E-state index contributed by atoms with van der Waals surface area (Å²) in [5.41, 5.74) is -1.69. The predicted octanol–water partition coefficient (Wildman–Crippen LogP) is 1.26. The van der Waals surface area contributed by atoms with Gasteiger partial charge in [0.05, 0.1) is 29.7 Å². The van der Waals surface area contributed by atoms with E-state index in [4.69, 9.17) is 21.4 Å². The lowest BCUT2D eigenvalue weighted by atomic mass is 9.62. The second-order valence-corrected chi connectivity index (χ2v) is 6.51. The molecule has 2 saturated heterocycles. The number of fused-ring (bicyclic) bond motifs is 1. The monoisotopic (exact) mass is 343 g/mol. The van der Waals surface area contributed by atoms with Crippen molar-refractivity contribution in [1.29, 1.82) is 0 Å². The first-order chi connectivity index (χ1) is 10.8. The van der Waals surface area contributed by atoms with Crippen LogP contribution >= 0.6 is 11.6 Å². The second kappa shape index (κ2) is 5.43. The van der Waals surface area contributed by atoms with Crippen LogP contribution in [0.15, 0.2) is 18.2 Å². The highest BCUT2D eigenvalue weighted by molar-refractivity contribution is 6.30. The Morgan fingerprint density at radius 2 is 2.13 bits per heavy atom. The van der Waals surface area contributed by atoms with Gasteiger partial charge >= 0.3 is 5.97 Å². The Balaban J connectivity index is 1.72. The SMILES string of the molecule is O=C(O)C12COC(C(=O)NC(CO)c3ccc(F)c(Cl)c3)(C1)C2. The molecule has 2 bridgehead atoms. The van der Waals surface area contributed by atoms with Crippen molar-refractivity contribution in [3.8, 4) is 0 Å². The summed E-state index contributed by atoms with van der Waals surface area (Å²) in [6, 6.07) is 3.11. The molecule has 23 heavy (non-hydrogen) atoms. The van der Waals surface area contributed by atoms with Gasteiger partial charge in [0.25, 0.3) is 5.91 Å². The Morgan fingerprint density at radius 1 is 1.43 bits per heavy atom. The smallest absolute Gasteiger partial charge is 0.312 e. The molecule has 3 fully saturated rings. The minimum Gasteiger partial charge on any atom is -0.481 e. The van der Waals surface area contributed by atoms with E-state index in [9.17, 15) is 19.1 Å². The third kappa shape index (κ3) is 2.49. The van der Waals surface area contributed by atoms with Crippen molar-refractivity contribution in [2.24, 2.45) is 5.41 Å². The largest absolute Gasteiger partial charge is 0.481 e. The minimum absolute atomic E-state index is 0.00191. The Bertz CT molecular complexity index is 674. The molecule has 3 N–H and O–H groups in total. The topological polar surface area (TPSA) is 95.9 Å². The average molecular weight is 344 g/mol. The zero-order chi connectivity index (χ0) is 16.8. The van der Waals surface area contributed by atoms with Gasteiger partial charge in [-0.3, -0.25) is 9.59 Å². The number of hydrogen-bond donors (Lipinski definition) is 3. The number of ether oxygens (including phenoxy) is 1. The van der Waals surface area contributed by atoms with Crippen molar-refractivity contribution in [2.45, 2.75) is 24.5 Å². The zero-order valence-corrected chi connectivity index (χ0v) is 12.8. The number of carboxylic acids is 1. The Labute approximate surface area is 136 Å². The third-order valence-corrected chi connectivity index (χ3v) is 4.86. The van der Waals surface area contributed by atoms with E-state index in [0.29, 0.717) is 5.56 Å². The number of amides is 1. The molecule has 0 spiro atoms. The number of rotatable bonds is 5. The van der Waals surface area contributed by atoms with Crippen LogP contribution in [0.25, 0.3) is 0 Å². The van der Waals surface area contributed by atoms with E-state index in [1.54, 1.807) is 0 Å². The molecule has 2 aliphatic heterocycles.